The second kappa shape index (κ2) is 29.7. The number of rotatable bonds is 11. The molecule has 5 heterocycles. The number of carboxylic acid groups (broad SMARTS) is 1. The number of aromatic nitrogens is 2. The third-order valence-corrected chi connectivity index (χ3v) is 15.7. The number of nitrogens with zero attached hydrogens (tertiary/aromatic N) is 4. The molecule has 86 heavy (non-hydrogen) atoms. The summed E-state index contributed by atoms with van der Waals surface area (Å²) >= 11 is 0. The summed E-state index contributed by atoms with van der Waals surface area (Å²) in [7, 11) is 0. The van der Waals surface area contributed by atoms with Gasteiger partial charge in [-0.2, -0.15) is 0 Å². The zero-order valence-corrected chi connectivity index (χ0v) is 50.8. The van der Waals surface area contributed by atoms with Crippen LogP contribution in [0.1, 0.15) is 122 Å². The molecule has 3 aliphatic heterocycles. The van der Waals surface area contributed by atoms with Crippen molar-refractivity contribution in [3.05, 3.63) is 132 Å². The number of carbonyl (C=O) groups is 7. The Hall–Kier alpha value is -7.57. The number of hydrogen-bond donors (Lipinski definition) is 7. The zero-order valence-electron chi connectivity index (χ0n) is 50.8. The minimum absolute atomic E-state index is 0. The number of hydrazine groups is 2. The predicted octanol–water partition coefficient (Wildman–Crippen LogP) is 2.46. The van der Waals surface area contributed by atoms with E-state index in [1.165, 1.54) is 16.9 Å². The van der Waals surface area contributed by atoms with Gasteiger partial charge < -0.3 is 41.0 Å². The molecule has 7 bridgehead atoms. The fourth-order valence-corrected chi connectivity index (χ4v) is 10.8. The molecule has 2 fully saturated rings. The number of amides is 5. The smallest absolute Gasteiger partial charge is 0.548 e. The van der Waals surface area contributed by atoms with Gasteiger partial charge in [0.2, 0.25) is 17.7 Å². The average molecular weight is 1170 g/mol. The molecule has 3 aliphatic rings. The fourth-order valence-electron chi connectivity index (χ4n) is 10.8. The number of aliphatic hydroxyl groups excluding tert-OH is 1. The van der Waals surface area contributed by atoms with Gasteiger partial charge in [0.25, 0.3) is 11.8 Å². The van der Waals surface area contributed by atoms with Gasteiger partial charge in [0.05, 0.1) is 42.0 Å². The van der Waals surface area contributed by atoms with Crippen molar-refractivity contribution >= 4 is 63.0 Å². The molecule has 0 aliphatic carbocycles. The Morgan fingerprint density at radius 2 is 1.41 bits per heavy atom. The Labute approximate surface area is 514 Å². The Balaban J connectivity index is 0.000000243. The Bertz CT molecular complexity index is 3430. The molecule has 9 atom stereocenters. The van der Waals surface area contributed by atoms with Crippen LogP contribution in [0.5, 0.6) is 0 Å². The van der Waals surface area contributed by atoms with E-state index in [0.717, 1.165) is 72.7 Å². The predicted molar refractivity (Wildman–Crippen MR) is 321 cm³/mol. The largest absolute Gasteiger partial charge is 1.00 e. The van der Waals surface area contributed by atoms with Crippen molar-refractivity contribution < 1.29 is 67.4 Å². The van der Waals surface area contributed by atoms with Crippen LogP contribution in [0, 0.1) is 11.8 Å². The maximum absolute atomic E-state index is 13.3. The van der Waals surface area contributed by atoms with Crippen molar-refractivity contribution in [2.24, 2.45) is 11.8 Å². The number of benzene rings is 4. The molecule has 9 rings (SSSR count). The van der Waals surface area contributed by atoms with Gasteiger partial charge in [-0.3, -0.25) is 48.8 Å². The second-order valence-corrected chi connectivity index (χ2v) is 23.4. The third kappa shape index (κ3) is 16.9. The first-order valence-corrected chi connectivity index (χ1v) is 29.4. The fraction of sp³-hybridized carbons (Fsp3) is 0.431. The van der Waals surface area contributed by atoms with Crippen LogP contribution < -0.4 is 56.1 Å². The van der Waals surface area contributed by atoms with E-state index >= 15 is 0 Å². The summed E-state index contributed by atoms with van der Waals surface area (Å²) < 4.78 is 5.87. The van der Waals surface area contributed by atoms with E-state index in [1.807, 2.05) is 106 Å². The SMILES string of the molecule is CC(C)[C@H](NC(=O)Cc1cccc(-c2cc3cc([C@@H](C)O)ccc3cn2)c1)C(=O)N[C@@H](C)C(=O)N1CCC[C@@H](C(=O)[O-])N1.CC1Cc2cccc(c2)-c2cc3cc(ccc3cn2)[C@@H](C)OC(=O)[C@@H]2CCCN(N2)C(=O)[C@H](C)NC(=O)[C@H](C(C)C)N1.[Li+]. The van der Waals surface area contributed by atoms with Crippen molar-refractivity contribution in [2.75, 3.05) is 13.1 Å². The van der Waals surface area contributed by atoms with E-state index < -0.39 is 72.2 Å². The van der Waals surface area contributed by atoms with Crippen molar-refractivity contribution in [2.45, 2.75) is 155 Å². The topological polar surface area (TPSA) is 276 Å². The molecule has 4 aromatic carbocycles. The van der Waals surface area contributed by atoms with Gasteiger partial charge in [0, 0.05) is 53.4 Å². The summed E-state index contributed by atoms with van der Waals surface area (Å²) in [4.78, 5) is 99.3. The molecule has 7 N–H and O–H groups in total. The number of carbonyl (C=O) groups excluding carboxylic acids is 7. The van der Waals surface area contributed by atoms with E-state index in [1.54, 1.807) is 33.9 Å². The van der Waals surface area contributed by atoms with Gasteiger partial charge in [-0.25, -0.2) is 10.9 Å². The Kier molecular flexibility index (Phi) is 22.8. The standard InChI is InChI=1S/C33H41N5O4.C32H39N5O6.Li/c1-19(2)30-31(39)36-21(4)32(40)38-13-7-10-28(37-38)33(41)42-22(5)24-11-12-26-18-34-29(17-27(26)16-24)25-9-6-8-23(15-25)14-20(3)35-30;1-18(2)29(30(40)34-19(3)31(41)37-12-6-9-26(36-37)32(42)43)35-28(39)14-21-7-5-8-23(13-21)27-16-25-15-22(20(4)38)10-11-24(25)17-33-27;/h6,8-9,11-12,15-22,28,30,35,37H,7,10,13-14H2,1-5H3,(H,36,39);5,7-8,10-11,13,15-20,26,29,36,38H,6,9,12,14H2,1-4H3,(H,34,40)(H,35,39)(H,42,43);/q;;+1/p-1/t20?,21-,22+,28-,30-;19-,20+,26-,29-;/m00./s1. The first kappa shape index (κ1) is 66.0. The summed E-state index contributed by atoms with van der Waals surface area (Å²) in [5.74, 6) is -3.82. The van der Waals surface area contributed by atoms with Crippen molar-refractivity contribution in [1.29, 1.82) is 0 Å². The van der Waals surface area contributed by atoms with E-state index in [9.17, 15) is 43.8 Å². The first-order valence-electron chi connectivity index (χ1n) is 29.4. The summed E-state index contributed by atoms with van der Waals surface area (Å²) in [6.07, 6.45) is 5.37. The molecule has 21 heteroatoms. The van der Waals surface area contributed by atoms with Gasteiger partial charge in [-0.15, -0.1) is 0 Å². The molecule has 6 aromatic rings. The van der Waals surface area contributed by atoms with Crippen molar-refractivity contribution in [3.8, 4) is 22.5 Å². The minimum Gasteiger partial charge on any atom is -0.548 e. The molecular formula is C65H79LiN10O10. The van der Waals surface area contributed by atoms with E-state index in [-0.39, 0.29) is 60.9 Å². The molecule has 20 nitrogen and oxygen atoms in total. The van der Waals surface area contributed by atoms with Gasteiger partial charge in [0.15, 0.2) is 0 Å². The molecule has 450 valence electrons. The molecule has 2 aromatic heterocycles. The van der Waals surface area contributed by atoms with E-state index in [2.05, 4.69) is 62.2 Å². The molecule has 0 saturated carbocycles. The molecule has 1 unspecified atom stereocenters. The van der Waals surface area contributed by atoms with Gasteiger partial charge >= 0.3 is 24.8 Å². The Morgan fingerprint density at radius 3 is 2.07 bits per heavy atom. The maximum atomic E-state index is 13.3. The van der Waals surface area contributed by atoms with Crippen LogP contribution in [-0.2, 0) is 51.1 Å². The van der Waals surface area contributed by atoms with Crippen molar-refractivity contribution in [3.63, 3.8) is 0 Å². The number of cyclic esters (lactones) is 1. The normalized spacial score (nSPS) is 21.4. The first-order chi connectivity index (χ1) is 40.5. The van der Waals surface area contributed by atoms with E-state index in [4.69, 9.17) is 9.72 Å². The number of aliphatic hydroxyl groups is 1. The number of esters is 1. The van der Waals surface area contributed by atoms with Crippen molar-refractivity contribution in [1.82, 2.24) is 52.1 Å². The molecule has 0 spiro atoms. The van der Waals surface area contributed by atoms with Crippen LogP contribution in [0.4, 0.5) is 0 Å². The summed E-state index contributed by atoms with van der Waals surface area (Å²) in [5, 5.41) is 39.5. The van der Waals surface area contributed by atoms with Gasteiger partial charge in [-0.05, 0) is 148 Å². The van der Waals surface area contributed by atoms with Crippen LogP contribution in [0.15, 0.2) is 109 Å². The van der Waals surface area contributed by atoms with E-state index in [0.29, 0.717) is 38.8 Å². The minimum atomic E-state index is -1.29. The number of carboxylic acids is 1. The molecule has 5 amide bonds. The average Bonchev–Trinajstić information content (AvgIpc) is 3.68. The summed E-state index contributed by atoms with van der Waals surface area (Å²) in [6.45, 7) is 17.1. The summed E-state index contributed by atoms with van der Waals surface area (Å²) in [5.41, 5.74) is 12.7. The summed E-state index contributed by atoms with van der Waals surface area (Å²) in [6, 6.07) is 26.8. The van der Waals surface area contributed by atoms with Gasteiger partial charge in [-0.1, -0.05) is 88.4 Å². The zero-order chi connectivity index (χ0) is 61.2. The third-order valence-electron chi connectivity index (χ3n) is 15.7. The quantitative estimate of drug-likeness (QED) is 0.0725. The molecular weight excluding hydrogens is 1090 g/mol. The number of fused-ring (bicyclic) bond motifs is 8. The second-order valence-electron chi connectivity index (χ2n) is 23.4. The van der Waals surface area contributed by atoms with Crippen LogP contribution in [0.3, 0.4) is 0 Å². The maximum Gasteiger partial charge on any atom is 1.00 e. The number of nitrogens with one attached hydrogen (secondary N) is 6. The number of ether oxygens (including phenoxy) is 1. The molecule has 2 saturated heterocycles. The molecule has 0 radical (unpaired) electrons. The van der Waals surface area contributed by atoms with Crippen LogP contribution in [0.25, 0.3) is 44.1 Å². The van der Waals surface area contributed by atoms with Crippen LogP contribution in [0.2, 0.25) is 0 Å². The number of hydrogen-bond acceptors (Lipinski definition) is 15. The van der Waals surface area contributed by atoms with Crippen LogP contribution in [-0.4, -0.2) is 122 Å². The Morgan fingerprint density at radius 1 is 0.756 bits per heavy atom. The number of aliphatic carboxylic acids is 1. The monoisotopic (exact) mass is 1170 g/mol. The van der Waals surface area contributed by atoms with Gasteiger partial charge in [0.1, 0.15) is 30.3 Å². The number of pyridine rings is 2. The van der Waals surface area contributed by atoms with Crippen LogP contribution >= 0.6 is 0 Å².